The Balaban J connectivity index is 1.68. The number of methoxy groups -OCH3 is 2. The van der Waals surface area contributed by atoms with E-state index in [0.29, 0.717) is 29.5 Å². The number of thiazole rings is 1. The van der Waals surface area contributed by atoms with Crippen LogP contribution in [0.25, 0.3) is 11.3 Å². The van der Waals surface area contributed by atoms with Crippen LogP contribution in [0, 0.1) is 0 Å². The van der Waals surface area contributed by atoms with Gasteiger partial charge in [0, 0.05) is 29.1 Å². The van der Waals surface area contributed by atoms with Crippen molar-refractivity contribution in [2.45, 2.75) is 51.6 Å². The van der Waals surface area contributed by atoms with Crippen molar-refractivity contribution in [1.82, 2.24) is 9.88 Å². The van der Waals surface area contributed by atoms with Crippen LogP contribution in [0.1, 0.15) is 39.5 Å². The molecule has 1 aromatic carbocycles. The van der Waals surface area contributed by atoms with Crippen LogP contribution < -0.4 is 14.8 Å². The van der Waals surface area contributed by atoms with Crippen molar-refractivity contribution in [3.63, 3.8) is 0 Å². The summed E-state index contributed by atoms with van der Waals surface area (Å²) in [6.45, 7) is 4.72. The molecule has 0 radical (unpaired) electrons. The van der Waals surface area contributed by atoms with Gasteiger partial charge < -0.3 is 14.8 Å². The predicted molar refractivity (Wildman–Crippen MR) is 113 cm³/mol. The van der Waals surface area contributed by atoms with Gasteiger partial charge in [0.15, 0.2) is 5.13 Å². The van der Waals surface area contributed by atoms with Crippen LogP contribution in [0.4, 0.5) is 5.13 Å². The fourth-order valence-corrected chi connectivity index (χ4v) is 4.49. The Morgan fingerprint density at radius 3 is 2.68 bits per heavy atom. The maximum atomic E-state index is 12.6. The Bertz CT molecular complexity index is 800. The van der Waals surface area contributed by atoms with E-state index in [1.165, 1.54) is 37.0 Å². The van der Waals surface area contributed by atoms with Gasteiger partial charge in [-0.2, -0.15) is 0 Å². The first-order valence-corrected chi connectivity index (χ1v) is 10.6. The average molecular weight is 404 g/mol. The molecule has 0 atom stereocenters. The molecule has 152 valence electrons. The average Bonchev–Trinajstić information content (AvgIpc) is 3.37. The first kappa shape index (κ1) is 20.6. The Kier molecular flexibility index (Phi) is 6.91. The number of nitrogens with one attached hydrogen (secondary N) is 1. The van der Waals surface area contributed by atoms with E-state index in [4.69, 9.17) is 9.47 Å². The largest absolute Gasteiger partial charge is 0.497 e. The molecule has 7 heteroatoms. The fourth-order valence-electron chi connectivity index (χ4n) is 3.76. The van der Waals surface area contributed by atoms with Gasteiger partial charge in [0.25, 0.3) is 0 Å². The summed E-state index contributed by atoms with van der Waals surface area (Å²) in [5.74, 6) is 1.41. The molecule has 6 nitrogen and oxygen atoms in total. The van der Waals surface area contributed by atoms with Gasteiger partial charge in [-0.1, -0.05) is 12.8 Å². The molecule has 28 heavy (non-hydrogen) atoms. The maximum absolute atomic E-state index is 12.6. The number of carbonyl (C=O) groups is 1. The van der Waals surface area contributed by atoms with Crippen molar-refractivity contribution in [2.24, 2.45) is 0 Å². The molecule has 1 amide bonds. The van der Waals surface area contributed by atoms with Crippen molar-refractivity contribution in [3.05, 3.63) is 23.6 Å². The van der Waals surface area contributed by atoms with Gasteiger partial charge in [-0.3, -0.25) is 9.69 Å². The molecule has 1 aromatic heterocycles. The molecule has 0 saturated heterocycles. The first-order valence-electron chi connectivity index (χ1n) is 9.75. The summed E-state index contributed by atoms with van der Waals surface area (Å²) in [6.07, 6.45) is 4.89. The van der Waals surface area contributed by atoms with Crippen LogP contribution in [0.3, 0.4) is 0 Å². The van der Waals surface area contributed by atoms with E-state index >= 15 is 0 Å². The molecule has 0 aliphatic heterocycles. The highest BCUT2D eigenvalue weighted by molar-refractivity contribution is 7.14. The van der Waals surface area contributed by atoms with E-state index in [0.717, 1.165) is 17.0 Å². The van der Waals surface area contributed by atoms with Crippen molar-refractivity contribution >= 4 is 22.4 Å². The Hall–Kier alpha value is -2.12. The molecule has 1 heterocycles. The highest BCUT2D eigenvalue weighted by atomic mass is 32.1. The molecule has 1 aliphatic carbocycles. The number of benzene rings is 1. The zero-order valence-electron chi connectivity index (χ0n) is 17.0. The highest BCUT2D eigenvalue weighted by Crippen LogP contribution is 2.35. The van der Waals surface area contributed by atoms with E-state index in [-0.39, 0.29) is 5.91 Å². The minimum Gasteiger partial charge on any atom is -0.497 e. The lowest BCUT2D eigenvalue weighted by molar-refractivity contribution is -0.118. The second-order valence-electron chi connectivity index (χ2n) is 7.36. The molecule has 1 N–H and O–H groups in total. The Morgan fingerprint density at radius 1 is 1.29 bits per heavy atom. The van der Waals surface area contributed by atoms with Crippen LogP contribution in [-0.2, 0) is 4.79 Å². The summed E-state index contributed by atoms with van der Waals surface area (Å²) in [7, 11) is 3.24. The quantitative estimate of drug-likeness (QED) is 0.707. The minimum absolute atomic E-state index is 0.0109. The highest BCUT2D eigenvalue weighted by Gasteiger charge is 2.26. The van der Waals surface area contributed by atoms with E-state index in [1.807, 2.05) is 23.6 Å². The number of ether oxygens (including phenoxy) is 2. The number of rotatable bonds is 8. The van der Waals surface area contributed by atoms with E-state index in [1.54, 1.807) is 14.2 Å². The number of nitrogens with zero attached hydrogens (tertiary/aromatic N) is 2. The van der Waals surface area contributed by atoms with Crippen LogP contribution in [0.15, 0.2) is 23.6 Å². The summed E-state index contributed by atoms with van der Waals surface area (Å²) < 4.78 is 10.7. The van der Waals surface area contributed by atoms with E-state index in [9.17, 15) is 4.79 Å². The molecular formula is C21H29N3O3S. The van der Waals surface area contributed by atoms with E-state index in [2.05, 4.69) is 29.0 Å². The van der Waals surface area contributed by atoms with Crippen molar-refractivity contribution < 1.29 is 14.3 Å². The molecule has 1 saturated carbocycles. The zero-order valence-corrected chi connectivity index (χ0v) is 17.8. The second kappa shape index (κ2) is 9.39. The van der Waals surface area contributed by atoms with Gasteiger partial charge in [-0.25, -0.2) is 4.98 Å². The third-order valence-electron chi connectivity index (χ3n) is 5.22. The first-order chi connectivity index (χ1) is 13.5. The number of amides is 1. The number of aromatic nitrogens is 1. The topological polar surface area (TPSA) is 63.7 Å². The standard InChI is InChI=1S/C21H29N3O3S/c1-14(2)24(15-7-5-6-8-15)12-20(25)23-21-22-18(13-28-21)17-10-9-16(26-3)11-19(17)27-4/h9-11,13-15H,5-8,12H2,1-4H3,(H,22,23,25). The normalized spacial score (nSPS) is 14.6. The van der Waals surface area contributed by atoms with Gasteiger partial charge in [-0.15, -0.1) is 11.3 Å². The second-order valence-corrected chi connectivity index (χ2v) is 8.21. The Morgan fingerprint density at radius 2 is 2.04 bits per heavy atom. The van der Waals surface area contributed by atoms with Crippen molar-refractivity contribution in [1.29, 1.82) is 0 Å². The van der Waals surface area contributed by atoms with Gasteiger partial charge >= 0.3 is 0 Å². The number of anilines is 1. The zero-order chi connectivity index (χ0) is 20.1. The van der Waals surface area contributed by atoms with Crippen LogP contribution in [0.2, 0.25) is 0 Å². The van der Waals surface area contributed by atoms with Crippen LogP contribution in [-0.4, -0.2) is 48.6 Å². The summed E-state index contributed by atoms with van der Waals surface area (Å²) in [6, 6.07) is 6.48. The summed E-state index contributed by atoms with van der Waals surface area (Å²) in [5, 5.41) is 5.49. The van der Waals surface area contributed by atoms with Gasteiger partial charge in [0.2, 0.25) is 5.91 Å². The lowest BCUT2D eigenvalue weighted by Gasteiger charge is -2.31. The molecule has 0 spiro atoms. The maximum Gasteiger partial charge on any atom is 0.240 e. The number of hydrogen-bond acceptors (Lipinski definition) is 6. The molecular weight excluding hydrogens is 374 g/mol. The minimum atomic E-state index is -0.0109. The predicted octanol–water partition coefficient (Wildman–Crippen LogP) is 4.42. The smallest absolute Gasteiger partial charge is 0.240 e. The van der Waals surface area contributed by atoms with Gasteiger partial charge in [0.05, 0.1) is 26.5 Å². The van der Waals surface area contributed by atoms with E-state index < -0.39 is 0 Å². The third kappa shape index (κ3) is 4.83. The SMILES string of the molecule is COc1ccc(-c2csc(NC(=O)CN(C(C)C)C3CCCC3)n2)c(OC)c1. The monoisotopic (exact) mass is 403 g/mol. The summed E-state index contributed by atoms with van der Waals surface area (Å²) in [5.41, 5.74) is 1.64. The molecule has 3 rings (SSSR count). The summed E-state index contributed by atoms with van der Waals surface area (Å²) in [4.78, 5) is 19.5. The molecule has 0 unspecified atom stereocenters. The van der Waals surface area contributed by atoms with Crippen molar-refractivity contribution in [3.8, 4) is 22.8 Å². The Labute approximate surface area is 170 Å². The van der Waals surface area contributed by atoms with Crippen LogP contribution in [0.5, 0.6) is 11.5 Å². The number of hydrogen-bond donors (Lipinski definition) is 1. The molecule has 0 bridgehead atoms. The van der Waals surface area contributed by atoms with Crippen LogP contribution >= 0.6 is 11.3 Å². The lowest BCUT2D eigenvalue weighted by atomic mass is 10.1. The number of carbonyl (C=O) groups excluding carboxylic acids is 1. The molecule has 2 aromatic rings. The summed E-state index contributed by atoms with van der Waals surface area (Å²) >= 11 is 1.42. The lowest BCUT2D eigenvalue weighted by Crippen LogP contribution is -2.43. The molecule has 1 aliphatic rings. The van der Waals surface area contributed by atoms with Gasteiger partial charge in [0.1, 0.15) is 11.5 Å². The molecule has 1 fully saturated rings. The van der Waals surface area contributed by atoms with Crippen molar-refractivity contribution in [2.75, 3.05) is 26.1 Å². The fraction of sp³-hybridized carbons (Fsp3) is 0.524. The van der Waals surface area contributed by atoms with Gasteiger partial charge in [-0.05, 0) is 38.8 Å². The third-order valence-corrected chi connectivity index (χ3v) is 5.98.